The lowest BCUT2D eigenvalue weighted by Gasteiger charge is -2.19. The Bertz CT molecular complexity index is 471. The normalized spacial score (nSPS) is 27.2. The second kappa shape index (κ2) is 6.39. The molecule has 1 amide bonds. The van der Waals surface area contributed by atoms with Gasteiger partial charge in [0.25, 0.3) is 0 Å². The van der Waals surface area contributed by atoms with Gasteiger partial charge in [-0.3, -0.25) is 9.59 Å². The Balaban J connectivity index is 1.92. The van der Waals surface area contributed by atoms with Crippen LogP contribution in [0.15, 0.2) is 17.5 Å². The van der Waals surface area contributed by atoms with Crippen LogP contribution in [0.2, 0.25) is 0 Å². The number of rotatable bonds is 5. The Labute approximate surface area is 123 Å². The van der Waals surface area contributed by atoms with Gasteiger partial charge >= 0.3 is 5.97 Å². The van der Waals surface area contributed by atoms with Crippen molar-refractivity contribution in [2.24, 2.45) is 17.8 Å². The van der Waals surface area contributed by atoms with E-state index in [0.717, 1.165) is 6.42 Å². The summed E-state index contributed by atoms with van der Waals surface area (Å²) in [5.41, 5.74) is 0. The van der Waals surface area contributed by atoms with E-state index < -0.39 is 11.9 Å². The molecular weight excluding hydrogens is 274 g/mol. The number of hydrogen-bond acceptors (Lipinski definition) is 3. The largest absolute Gasteiger partial charge is 0.481 e. The van der Waals surface area contributed by atoms with Crippen molar-refractivity contribution in [3.8, 4) is 0 Å². The van der Waals surface area contributed by atoms with Gasteiger partial charge in [-0.25, -0.2) is 0 Å². The fraction of sp³-hybridized carbons (Fsp3) is 0.600. The van der Waals surface area contributed by atoms with Gasteiger partial charge in [0.1, 0.15) is 0 Å². The van der Waals surface area contributed by atoms with E-state index in [1.54, 1.807) is 11.3 Å². The highest BCUT2D eigenvalue weighted by molar-refractivity contribution is 7.09. The molecule has 1 aromatic rings. The van der Waals surface area contributed by atoms with Crippen LogP contribution in [-0.2, 0) is 16.0 Å². The summed E-state index contributed by atoms with van der Waals surface area (Å²) < 4.78 is 0. The van der Waals surface area contributed by atoms with Crippen molar-refractivity contribution >= 4 is 23.2 Å². The van der Waals surface area contributed by atoms with Crippen molar-refractivity contribution in [1.82, 2.24) is 5.32 Å². The Morgan fingerprint density at radius 1 is 1.45 bits per heavy atom. The molecule has 4 atom stereocenters. The second-order valence-corrected chi connectivity index (χ2v) is 6.85. The highest BCUT2D eigenvalue weighted by Crippen LogP contribution is 2.36. The molecule has 0 spiro atoms. The lowest BCUT2D eigenvalue weighted by molar-refractivity contribution is -0.146. The molecule has 0 bridgehead atoms. The van der Waals surface area contributed by atoms with E-state index in [0.29, 0.717) is 18.8 Å². The quantitative estimate of drug-likeness (QED) is 0.877. The van der Waals surface area contributed by atoms with Gasteiger partial charge in [0.15, 0.2) is 0 Å². The maximum Gasteiger partial charge on any atom is 0.307 e. The highest BCUT2D eigenvalue weighted by Gasteiger charge is 2.41. The maximum absolute atomic E-state index is 12.3. The second-order valence-electron chi connectivity index (χ2n) is 5.82. The fourth-order valence-corrected chi connectivity index (χ4v) is 3.82. The van der Waals surface area contributed by atoms with E-state index >= 15 is 0 Å². The van der Waals surface area contributed by atoms with Gasteiger partial charge in [0.05, 0.1) is 11.8 Å². The molecule has 2 N–H and O–H groups in total. The van der Waals surface area contributed by atoms with Crippen LogP contribution in [0.25, 0.3) is 0 Å². The molecule has 0 radical (unpaired) electrons. The molecule has 0 aromatic carbocycles. The van der Waals surface area contributed by atoms with E-state index in [-0.39, 0.29) is 17.9 Å². The average molecular weight is 295 g/mol. The number of hydrogen-bond donors (Lipinski definition) is 2. The zero-order chi connectivity index (χ0) is 14.7. The zero-order valence-electron chi connectivity index (χ0n) is 11.8. The standard InChI is InChI=1S/C15H21NO3S/c1-9-6-12(13(7-9)15(18)19)14(17)16-10(2)8-11-4-3-5-20-11/h3-5,9-10,12-13H,6-8H2,1-2H3,(H,16,17)(H,18,19). The lowest BCUT2D eigenvalue weighted by atomic mass is 9.95. The molecule has 1 aliphatic rings. The smallest absolute Gasteiger partial charge is 0.307 e. The Morgan fingerprint density at radius 3 is 2.75 bits per heavy atom. The van der Waals surface area contributed by atoms with E-state index in [1.165, 1.54) is 4.88 Å². The average Bonchev–Trinajstić information content (AvgIpc) is 2.97. The van der Waals surface area contributed by atoms with Crippen LogP contribution in [-0.4, -0.2) is 23.0 Å². The number of amides is 1. The predicted molar refractivity (Wildman–Crippen MR) is 78.6 cm³/mol. The molecule has 110 valence electrons. The van der Waals surface area contributed by atoms with E-state index in [1.807, 2.05) is 31.4 Å². The van der Waals surface area contributed by atoms with Crippen LogP contribution in [0.5, 0.6) is 0 Å². The van der Waals surface area contributed by atoms with E-state index in [4.69, 9.17) is 0 Å². The molecule has 4 unspecified atom stereocenters. The van der Waals surface area contributed by atoms with Crippen molar-refractivity contribution in [3.05, 3.63) is 22.4 Å². The minimum absolute atomic E-state index is 0.0338. The third-order valence-electron chi connectivity index (χ3n) is 3.93. The Hall–Kier alpha value is -1.36. The summed E-state index contributed by atoms with van der Waals surface area (Å²) >= 11 is 1.67. The van der Waals surface area contributed by atoms with Gasteiger partial charge in [0.2, 0.25) is 5.91 Å². The Morgan fingerprint density at radius 2 is 2.15 bits per heavy atom. The van der Waals surface area contributed by atoms with Crippen molar-refractivity contribution < 1.29 is 14.7 Å². The topological polar surface area (TPSA) is 66.4 Å². The zero-order valence-corrected chi connectivity index (χ0v) is 12.7. The molecule has 1 fully saturated rings. The number of aliphatic carboxylic acids is 1. The number of carboxylic acid groups (broad SMARTS) is 1. The minimum Gasteiger partial charge on any atom is -0.481 e. The van der Waals surface area contributed by atoms with Crippen LogP contribution in [0, 0.1) is 17.8 Å². The van der Waals surface area contributed by atoms with Gasteiger partial charge in [-0.1, -0.05) is 13.0 Å². The van der Waals surface area contributed by atoms with Gasteiger partial charge in [-0.15, -0.1) is 11.3 Å². The summed E-state index contributed by atoms with van der Waals surface area (Å²) in [6.07, 6.45) is 2.07. The van der Waals surface area contributed by atoms with Gasteiger partial charge in [-0.2, -0.15) is 0 Å². The molecule has 2 rings (SSSR count). The van der Waals surface area contributed by atoms with Gasteiger partial charge in [-0.05, 0) is 37.1 Å². The summed E-state index contributed by atoms with van der Waals surface area (Å²) in [4.78, 5) is 24.7. The molecule has 1 aromatic heterocycles. The summed E-state index contributed by atoms with van der Waals surface area (Å²) in [6, 6.07) is 4.07. The van der Waals surface area contributed by atoms with Crippen molar-refractivity contribution in [3.63, 3.8) is 0 Å². The molecule has 20 heavy (non-hydrogen) atoms. The summed E-state index contributed by atoms with van der Waals surface area (Å²) in [5.74, 6) is -1.56. The van der Waals surface area contributed by atoms with Crippen LogP contribution >= 0.6 is 11.3 Å². The predicted octanol–water partition coefficient (Wildman–Crippen LogP) is 2.54. The third kappa shape index (κ3) is 3.60. The maximum atomic E-state index is 12.3. The van der Waals surface area contributed by atoms with E-state index in [9.17, 15) is 14.7 Å². The van der Waals surface area contributed by atoms with Gasteiger partial charge in [0, 0.05) is 17.3 Å². The van der Waals surface area contributed by atoms with Crippen LogP contribution in [0.3, 0.4) is 0 Å². The summed E-state index contributed by atoms with van der Waals surface area (Å²) in [6.45, 7) is 3.98. The molecular formula is C15H21NO3S. The first-order valence-electron chi connectivity index (χ1n) is 7.03. The number of nitrogens with one attached hydrogen (secondary N) is 1. The van der Waals surface area contributed by atoms with Gasteiger partial charge < -0.3 is 10.4 Å². The number of carbonyl (C=O) groups excluding carboxylic acids is 1. The third-order valence-corrected chi connectivity index (χ3v) is 4.83. The summed E-state index contributed by atoms with van der Waals surface area (Å²) in [5, 5.41) is 14.2. The molecule has 1 aliphatic carbocycles. The molecule has 1 heterocycles. The molecule has 4 nitrogen and oxygen atoms in total. The summed E-state index contributed by atoms with van der Waals surface area (Å²) in [7, 11) is 0. The van der Waals surface area contributed by atoms with Crippen molar-refractivity contribution in [1.29, 1.82) is 0 Å². The monoisotopic (exact) mass is 295 g/mol. The first kappa shape index (κ1) is 15.0. The molecule has 1 saturated carbocycles. The van der Waals surface area contributed by atoms with Crippen molar-refractivity contribution in [2.45, 2.75) is 39.2 Å². The lowest BCUT2D eigenvalue weighted by Crippen LogP contribution is -2.40. The van der Waals surface area contributed by atoms with E-state index in [2.05, 4.69) is 5.32 Å². The molecule has 5 heteroatoms. The minimum atomic E-state index is -0.847. The van der Waals surface area contributed by atoms with Crippen LogP contribution in [0.4, 0.5) is 0 Å². The van der Waals surface area contributed by atoms with Crippen LogP contribution < -0.4 is 5.32 Å². The number of thiophene rings is 1. The SMILES string of the molecule is CC1CC(C(=O)O)C(C(=O)NC(C)Cc2cccs2)C1. The Kier molecular flexibility index (Phi) is 4.81. The number of carboxylic acids is 1. The number of carbonyl (C=O) groups is 2. The molecule has 0 saturated heterocycles. The fourth-order valence-electron chi connectivity index (χ4n) is 2.99. The first-order valence-corrected chi connectivity index (χ1v) is 7.91. The van der Waals surface area contributed by atoms with Crippen LogP contribution in [0.1, 0.15) is 31.6 Å². The molecule has 0 aliphatic heterocycles. The van der Waals surface area contributed by atoms with Crippen molar-refractivity contribution in [2.75, 3.05) is 0 Å². The highest BCUT2D eigenvalue weighted by atomic mass is 32.1. The first-order chi connectivity index (χ1) is 9.47.